The zero-order valence-electron chi connectivity index (χ0n) is 5.22. The Hall–Kier alpha value is -1.12. The van der Waals surface area contributed by atoms with Crippen LogP contribution >= 0.6 is 0 Å². The molecule has 1 aliphatic heterocycles. The molecule has 0 radical (unpaired) electrons. The summed E-state index contributed by atoms with van der Waals surface area (Å²) in [4.78, 5) is 21.0. The van der Waals surface area contributed by atoms with Gasteiger partial charge in [-0.2, -0.15) is 0 Å². The van der Waals surface area contributed by atoms with Crippen LogP contribution in [0.5, 0.6) is 0 Å². The van der Waals surface area contributed by atoms with Gasteiger partial charge in [0.1, 0.15) is 5.76 Å². The predicted molar refractivity (Wildman–Crippen MR) is 29.5 cm³/mol. The van der Waals surface area contributed by atoms with Crippen molar-refractivity contribution in [2.45, 2.75) is 13.8 Å². The molecule has 0 saturated heterocycles. The highest BCUT2D eigenvalue weighted by molar-refractivity contribution is 6.42. The van der Waals surface area contributed by atoms with Crippen LogP contribution in [-0.4, -0.2) is 11.8 Å². The van der Waals surface area contributed by atoms with Gasteiger partial charge in [-0.3, -0.25) is 4.79 Å². The van der Waals surface area contributed by atoms with Crippen molar-refractivity contribution in [2.24, 2.45) is 0 Å². The van der Waals surface area contributed by atoms with Crippen molar-refractivity contribution in [3.8, 4) is 0 Å². The average molecular weight is 126 g/mol. The van der Waals surface area contributed by atoms with E-state index in [1.165, 1.54) is 0 Å². The Bertz CT molecular complexity index is 210. The molecule has 1 aliphatic rings. The molecule has 1 heterocycles. The van der Waals surface area contributed by atoms with E-state index >= 15 is 0 Å². The number of allylic oxidation sites excluding steroid dienone is 1. The molecule has 0 aromatic heterocycles. The van der Waals surface area contributed by atoms with E-state index in [9.17, 15) is 9.59 Å². The van der Waals surface area contributed by atoms with Crippen molar-refractivity contribution in [1.82, 2.24) is 0 Å². The van der Waals surface area contributed by atoms with Crippen LogP contribution in [0.25, 0.3) is 0 Å². The Morgan fingerprint density at radius 1 is 1.22 bits per heavy atom. The SMILES string of the molecule is CC1=C(C)C(=O)C(=O)O1. The molecule has 3 heteroatoms. The second kappa shape index (κ2) is 1.69. The lowest BCUT2D eigenvalue weighted by atomic mass is 10.2. The van der Waals surface area contributed by atoms with E-state index in [4.69, 9.17) is 0 Å². The molecule has 0 amide bonds. The summed E-state index contributed by atoms with van der Waals surface area (Å²) in [7, 11) is 0. The molecule has 0 unspecified atom stereocenters. The molecule has 0 saturated carbocycles. The number of ketones is 1. The summed E-state index contributed by atoms with van der Waals surface area (Å²) in [5.41, 5.74) is 0.417. The highest BCUT2D eigenvalue weighted by Crippen LogP contribution is 2.14. The zero-order valence-corrected chi connectivity index (χ0v) is 5.22. The number of rotatable bonds is 0. The smallest absolute Gasteiger partial charge is 0.384 e. The molecule has 0 aromatic rings. The minimum Gasteiger partial charge on any atom is -0.425 e. The first kappa shape index (κ1) is 6.01. The molecule has 48 valence electrons. The van der Waals surface area contributed by atoms with Crippen LogP contribution in [0.3, 0.4) is 0 Å². The largest absolute Gasteiger partial charge is 0.425 e. The number of carbonyl (C=O) groups is 2. The number of Topliss-reactive ketones (excluding diaryl/α,β-unsaturated/α-hetero) is 1. The third kappa shape index (κ3) is 0.740. The Labute approximate surface area is 52.3 Å². The van der Waals surface area contributed by atoms with Crippen molar-refractivity contribution in [2.75, 3.05) is 0 Å². The molecule has 0 aromatic carbocycles. The lowest BCUT2D eigenvalue weighted by Gasteiger charge is -1.87. The van der Waals surface area contributed by atoms with Gasteiger partial charge in [0.25, 0.3) is 5.78 Å². The van der Waals surface area contributed by atoms with E-state index in [1.807, 2.05) is 0 Å². The second-order valence-corrected chi connectivity index (χ2v) is 1.90. The zero-order chi connectivity index (χ0) is 7.02. The maximum absolute atomic E-state index is 10.6. The fraction of sp³-hybridized carbons (Fsp3) is 0.333. The molecular weight excluding hydrogens is 120 g/mol. The molecule has 0 aliphatic carbocycles. The van der Waals surface area contributed by atoms with Gasteiger partial charge >= 0.3 is 5.97 Å². The van der Waals surface area contributed by atoms with Gasteiger partial charge in [0.15, 0.2) is 0 Å². The van der Waals surface area contributed by atoms with E-state index in [-0.39, 0.29) is 0 Å². The first-order valence-electron chi connectivity index (χ1n) is 2.57. The van der Waals surface area contributed by atoms with E-state index in [2.05, 4.69) is 4.74 Å². The van der Waals surface area contributed by atoms with Gasteiger partial charge in [0.05, 0.1) is 0 Å². The molecule has 3 nitrogen and oxygen atoms in total. The molecule has 0 bridgehead atoms. The molecule has 0 atom stereocenters. The van der Waals surface area contributed by atoms with Gasteiger partial charge < -0.3 is 4.74 Å². The standard InChI is InChI=1S/C6H6O3/c1-3-4(2)9-6(8)5(3)7/h1-2H3. The summed E-state index contributed by atoms with van der Waals surface area (Å²) in [5, 5.41) is 0. The van der Waals surface area contributed by atoms with Crippen LogP contribution in [0.4, 0.5) is 0 Å². The Morgan fingerprint density at radius 3 is 1.89 bits per heavy atom. The summed E-state index contributed by atoms with van der Waals surface area (Å²) in [6.07, 6.45) is 0. The van der Waals surface area contributed by atoms with Gasteiger partial charge in [0, 0.05) is 5.57 Å². The highest BCUT2D eigenvalue weighted by atomic mass is 16.5. The van der Waals surface area contributed by atoms with E-state index in [1.54, 1.807) is 13.8 Å². The molecule has 0 spiro atoms. The molecule has 9 heavy (non-hydrogen) atoms. The third-order valence-electron chi connectivity index (χ3n) is 1.30. The number of ether oxygens (including phenoxy) is 1. The maximum Gasteiger partial charge on any atom is 0.384 e. The van der Waals surface area contributed by atoms with E-state index < -0.39 is 11.8 Å². The number of carbonyl (C=O) groups excluding carboxylic acids is 2. The Balaban J connectivity index is 3.01. The monoisotopic (exact) mass is 126 g/mol. The van der Waals surface area contributed by atoms with Gasteiger partial charge in [0.2, 0.25) is 0 Å². The highest BCUT2D eigenvalue weighted by Gasteiger charge is 2.27. The van der Waals surface area contributed by atoms with Crippen LogP contribution < -0.4 is 0 Å². The van der Waals surface area contributed by atoms with Crippen LogP contribution in [0.15, 0.2) is 11.3 Å². The van der Waals surface area contributed by atoms with Gasteiger partial charge in [-0.25, -0.2) is 4.79 Å². The fourth-order valence-corrected chi connectivity index (χ4v) is 0.575. The number of esters is 1. The lowest BCUT2D eigenvalue weighted by molar-refractivity contribution is -0.146. The summed E-state index contributed by atoms with van der Waals surface area (Å²) in [5.74, 6) is -0.859. The summed E-state index contributed by atoms with van der Waals surface area (Å²) in [6, 6.07) is 0. The van der Waals surface area contributed by atoms with E-state index in [0.29, 0.717) is 11.3 Å². The van der Waals surface area contributed by atoms with Crippen molar-refractivity contribution in [1.29, 1.82) is 0 Å². The first-order chi connectivity index (χ1) is 4.13. The Kier molecular flexibility index (Phi) is 1.12. The van der Waals surface area contributed by atoms with Crippen molar-refractivity contribution < 1.29 is 14.3 Å². The fourth-order valence-electron chi connectivity index (χ4n) is 0.575. The maximum atomic E-state index is 10.6. The normalized spacial score (nSPS) is 18.9. The second-order valence-electron chi connectivity index (χ2n) is 1.90. The first-order valence-corrected chi connectivity index (χ1v) is 2.57. The van der Waals surface area contributed by atoms with Crippen molar-refractivity contribution in [3.05, 3.63) is 11.3 Å². The molecule has 0 fully saturated rings. The molecule has 1 rings (SSSR count). The van der Waals surface area contributed by atoms with Crippen LogP contribution in [-0.2, 0) is 14.3 Å². The topological polar surface area (TPSA) is 43.4 Å². The van der Waals surface area contributed by atoms with Crippen LogP contribution in [0, 0.1) is 0 Å². The van der Waals surface area contributed by atoms with Gasteiger partial charge in [-0.1, -0.05) is 0 Å². The third-order valence-corrected chi connectivity index (χ3v) is 1.30. The van der Waals surface area contributed by atoms with E-state index in [0.717, 1.165) is 0 Å². The minimum absolute atomic E-state index is 0.417. The Morgan fingerprint density at radius 2 is 1.78 bits per heavy atom. The summed E-state index contributed by atoms with van der Waals surface area (Å²) in [6.45, 7) is 3.17. The van der Waals surface area contributed by atoms with Crippen LogP contribution in [0.2, 0.25) is 0 Å². The summed E-state index contributed by atoms with van der Waals surface area (Å²) >= 11 is 0. The van der Waals surface area contributed by atoms with Crippen LogP contribution in [0.1, 0.15) is 13.8 Å². The quantitative estimate of drug-likeness (QED) is 0.348. The average Bonchev–Trinajstić information content (AvgIpc) is 1.98. The van der Waals surface area contributed by atoms with Crippen molar-refractivity contribution >= 4 is 11.8 Å². The lowest BCUT2D eigenvalue weighted by Crippen LogP contribution is -2.07. The summed E-state index contributed by atoms with van der Waals surface area (Å²) < 4.78 is 4.48. The molecule has 0 N–H and O–H groups in total. The van der Waals surface area contributed by atoms with Crippen molar-refractivity contribution in [3.63, 3.8) is 0 Å². The predicted octanol–water partition coefficient (Wildman–Crippen LogP) is 0.406. The number of hydrogen-bond donors (Lipinski definition) is 0. The molecular formula is C6H6O3. The van der Waals surface area contributed by atoms with Gasteiger partial charge in [-0.15, -0.1) is 0 Å². The van der Waals surface area contributed by atoms with Gasteiger partial charge in [-0.05, 0) is 13.8 Å². The number of cyclic esters (lactones) is 1. The minimum atomic E-state index is -0.759. The number of hydrogen-bond acceptors (Lipinski definition) is 3.